The maximum absolute atomic E-state index is 12.4. The highest BCUT2D eigenvalue weighted by Gasteiger charge is 2.29. The molecular formula is C12H9F3N4S. The molecule has 0 saturated carbocycles. The fourth-order valence-electron chi connectivity index (χ4n) is 1.50. The van der Waals surface area contributed by atoms with Crippen LogP contribution in [0.2, 0.25) is 0 Å². The summed E-state index contributed by atoms with van der Waals surface area (Å²) in [7, 11) is 0. The van der Waals surface area contributed by atoms with Crippen molar-refractivity contribution in [3.8, 4) is 0 Å². The Bertz CT molecular complexity index is 625. The molecule has 4 nitrogen and oxygen atoms in total. The number of aromatic nitrogens is 2. The third-order valence-corrected chi connectivity index (χ3v) is 2.68. The molecule has 2 rings (SSSR count). The van der Waals surface area contributed by atoms with Gasteiger partial charge in [-0.1, -0.05) is 12.2 Å². The Labute approximate surface area is 117 Å². The van der Waals surface area contributed by atoms with Gasteiger partial charge in [0.25, 0.3) is 0 Å². The summed E-state index contributed by atoms with van der Waals surface area (Å²) >= 11 is 4.86. The largest absolute Gasteiger partial charge is 0.416 e. The van der Waals surface area contributed by atoms with Crippen LogP contribution in [0, 0.1) is 0 Å². The van der Waals surface area contributed by atoms with Crippen molar-refractivity contribution in [3.63, 3.8) is 0 Å². The number of hydrogen-bond donors (Lipinski definition) is 2. The van der Waals surface area contributed by atoms with Gasteiger partial charge in [0.1, 0.15) is 4.99 Å². The summed E-state index contributed by atoms with van der Waals surface area (Å²) in [6.45, 7) is 0. The lowest BCUT2D eigenvalue weighted by Crippen LogP contribution is -2.13. The molecule has 0 radical (unpaired) electrons. The highest BCUT2D eigenvalue weighted by molar-refractivity contribution is 7.80. The Morgan fingerprint density at radius 1 is 1.15 bits per heavy atom. The minimum atomic E-state index is -4.37. The SMILES string of the molecule is NC(=S)c1ccnnc1Nc1ccc(C(F)(F)F)cc1. The molecule has 0 unspecified atom stereocenters. The standard InChI is InChI=1S/C12H9F3N4S/c13-12(14,15)7-1-3-8(4-2-7)18-11-9(10(16)20)5-6-17-19-11/h1-6H,(H2,16,20)(H,18,19). The zero-order chi connectivity index (χ0) is 14.8. The molecule has 0 aliphatic carbocycles. The van der Waals surface area contributed by atoms with Gasteiger partial charge in [0.15, 0.2) is 5.82 Å². The smallest absolute Gasteiger partial charge is 0.389 e. The first-order valence-electron chi connectivity index (χ1n) is 5.43. The summed E-state index contributed by atoms with van der Waals surface area (Å²) in [5, 5.41) is 10.3. The first kappa shape index (κ1) is 14.2. The average molecular weight is 298 g/mol. The molecule has 8 heteroatoms. The van der Waals surface area contributed by atoms with Crippen molar-refractivity contribution < 1.29 is 13.2 Å². The third-order valence-electron chi connectivity index (χ3n) is 2.46. The minimum absolute atomic E-state index is 0.120. The van der Waals surface area contributed by atoms with E-state index < -0.39 is 11.7 Å². The van der Waals surface area contributed by atoms with Crippen LogP contribution in [0.4, 0.5) is 24.7 Å². The van der Waals surface area contributed by atoms with Crippen molar-refractivity contribution >= 4 is 28.7 Å². The molecule has 104 valence electrons. The zero-order valence-corrected chi connectivity index (χ0v) is 10.8. The second kappa shape index (κ2) is 5.41. The highest BCUT2D eigenvalue weighted by atomic mass is 32.1. The van der Waals surface area contributed by atoms with Crippen LogP contribution in [0.1, 0.15) is 11.1 Å². The number of nitrogens with zero attached hydrogens (tertiary/aromatic N) is 2. The molecule has 3 N–H and O–H groups in total. The monoisotopic (exact) mass is 298 g/mol. The van der Waals surface area contributed by atoms with Gasteiger partial charge in [0, 0.05) is 5.69 Å². The van der Waals surface area contributed by atoms with Gasteiger partial charge in [-0.15, -0.1) is 5.10 Å². The zero-order valence-electron chi connectivity index (χ0n) is 9.98. The van der Waals surface area contributed by atoms with Crippen LogP contribution in [0.25, 0.3) is 0 Å². The van der Waals surface area contributed by atoms with Gasteiger partial charge in [0.2, 0.25) is 0 Å². The van der Waals surface area contributed by atoms with E-state index in [1.807, 2.05) is 0 Å². The number of alkyl halides is 3. The van der Waals surface area contributed by atoms with Gasteiger partial charge in [-0.3, -0.25) is 0 Å². The maximum atomic E-state index is 12.4. The molecule has 1 aromatic carbocycles. The van der Waals surface area contributed by atoms with Crippen LogP contribution in [-0.4, -0.2) is 15.2 Å². The fraction of sp³-hybridized carbons (Fsp3) is 0.0833. The van der Waals surface area contributed by atoms with Crippen molar-refractivity contribution in [2.24, 2.45) is 5.73 Å². The number of nitrogens with two attached hydrogens (primary N) is 1. The van der Waals surface area contributed by atoms with Crippen molar-refractivity contribution in [3.05, 3.63) is 47.7 Å². The lowest BCUT2D eigenvalue weighted by Gasteiger charge is -2.10. The fourth-order valence-corrected chi connectivity index (χ4v) is 1.67. The van der Waals surface area contributed by atoms with Crippen molar-refractivity contribution in [1.82, 2.24) is 10.2 Å². The third kappa shape index (κ3) is 3.21. The van der Waals surface area contributed by atoms with E-state index in [9.17, 15) is 13.2 Å². The lowest BCUT2D eigenvalue weighted by molar-refractivity contribution is -0.137. The number of thiocarbonyl (C=S) groups is 1. The molecular weight excluding hydrogens is 289 g/mol. The molecule has 0 atom stereocenters. The van der Waals surface area contributed by atoms with Gasteiger partial charge < -0.3 is 11.1 Å². The van der Waals surface area contributed by atoms with E-state index in [-0.39, 0.29) is 4.99 Å². The minimum Gasteiger partial charge on any atom is -0.389 e. The van der Waals surface area contributed by atoms with E-state index in [4.69, 9.17) is 18.0 Å². The molecule has 20 heavy (non-hydrogen) atoms. The molecule has 1 heterocycles. The van der Waals surface area contributed by atoms with Crippen LogP contribution < -0.4 is 11.1 Å². The maximum Gasteiger partial charge on any atom is 0.416 e. The van der Waals surface area contributed by atoms with E-state index in [1.165, 1.54) is 18.3 Å². The lowest BCUT2D eigenvalue weighted by atomic mass is 10.2. The van der Waals surface area contributed by atoms with Gasteiger partial charge >= 0.3 is 6.18 Å². The van der Waals surface area contributed by atoms with Crippen LogP contribution in [-0.2, 0) is 6.18 Å². The Kier molecular flexibility index (Phi) is 3.84. The second-order valence-electron chi connectivity index (χ2n) is 3.86. The van der Waals surface area contributed by atoms with E-state index in [0.717, 1.165) is 12.1 Å². The average Bonchev–Trinajstić information content (AvgIpc) is 2.38. The highest BCUT2D eigenvalue weighted by Crippen LogP contribution is 2.30. The van der Waals surface area contributed by atoms with Crippen LogP contribution >= 0.6 is 12.2 Å². The number of nitrogens with one attached hydrogen (secondary N) is 1. The summed E-state index contributed by atoms with van der Waals surface area (Å²) in [5.41, 5.74) is 5.69. The summed E-state index contributed by atoms with van der Waals surface area (Å²) in [6.07, 6.45) is -2.94. The summed E-state index contributed by atoms with van der Waals surface area (Å²) in [6, 6.07) is 6.10. The normalized spacial score (nSPS) is 11.2. The Morgan fingerprint density at radius 2 is 1.80 bits per heavy atom. The van der Waals surface area contributed by atoms with Crippen LogP contribution in [0.5, 0.6) is 0 Å². The molecule has 0 bridgehead atoms. The van der Waals surface area contributed by atoms with Crippen LogP contribution in [0.3, 0.4) is 0 Å². The van der Waals surface area contributed by atoms with Gasteiger partial charge in [0.05, 0.1) is 17.3 Å². The number of hydrogen-bond acceptors (Lipinski definition) is 4. The van der Waals surface area contributed by atoms with Gasteiger partial charge in [-0.05, 0) is 30.3 Å². The number of halogens is 3. The number of rotatable bonds is 3. The molecule has 0 spiro atoms. The molecule has 0 saturated heterocycles. The summed E-state index contributed by atoms with van der Waals surface area (Å²) in [5.74, 6) is 0.291. The summed E-state index contributed by atoms with van der Waals surface area (Å²) < 4.78 is 37.3. The predicted molar refractivity (Wildman–Crippen MR) is 72.6 cm³/mol. The number of anilines is 2. The first-order valence-corrected chi connectivity index (χ1v) is 5.84. The molecule has 1 aromatic heterocycles. The quantitative estimate of drug-likeness (QED) is 0.853. The molecule has 0 amide bonds. The van der Waals surface area contributed by atoms with E-state index in [2.05, 4.69) is 15.5 Å². The van der Waals surface area contributed by atoms with Gasteiger partial charge in [-0.2, -0.15) is 18.3 Å². The van der Waals surface area contributed by atoms with Crippen LogP contribution in [0.15, 0.2) is 36.5 Å². The Hall–Kier alpha value is -2.22. The van der Waals surface area contributed by atoms with E-state index in [0.29, 0.717) is 17.1 Å². The molecule has 0 fully saturated rings. The molecule has 0 aliphatic heterocycles. The van der Waals surface area contributed by atoms with Gasteiger partial charge in [-0.25, -0.2) is 0 Å². The predicted octanol–water partition coefficient (Wildman–Crippen LogP) is 2.87. The van der Waals surface area contributed by atoms with Crippen molar-refractivity contribution in [1.29, 1.82) is 0 Å². The van der Waals surface area contributed by atoms with Crippen molar-refractivity contribution in [2.75, 3.05) is 5.32 Å². The number of benzene rings is 1. The summed E-state index contributed by atoms with van der Waals surface area (Å²) in [4.78, 5) is 0.120. The topological polar surface area (TPSA) is 63.8 Å². The van der Waals surface area contributed by atoms with Crippen molar-refractivity contribution in [2.45, 2.75) is 6.18 Å². The molecule has 2 aromatic rings. The second-order valence-corrected chi connectivity index (χ2v) is 4.30. The first-order chi connectivity index (χ1) is 9.38. The Morgan fingerprint density at radius 3 is 2.35 bits per heavy atom. The molecule has 0 aliphatic rings. The van der Waals surface area contributed by atoms with E-state index in [1.54, 1.807) is 6.07 Å². The Balaban J connectivity index is 2.25. The van der Waals surface area contributed by atoms with E-state index >= 15 is 0 Å².